The molecule has 1 heterocycles. The largest absolute Gasteiger partial charge is 0.481 e. The Morgan fingerprint density at radius 3 is 2.68 bits per heavy atom. The number of aliphatic carboxylic acids is 1. The summed E-state index contributed by atoms with van der Waals surface area (Å²) in [7, 11) is 0. The van der Waals surface area contributed by atoms with Gasteiger partial charge in [-0.2, -0.15) is 13.2 Å². The van der Waals surface area contributed by atoms with E-state index >= 15 is 0 Å². The predicted molar refractivity (Wildman–Crippen MR) is 52.8 cm³/mol. The zero-order chi connectivity index (χ0) is 14.1. The van der Waals surface area contributed by atoms with Gasteiger partial charge < -0.3 is 9.84 Å². The summed E-state index contributed by atoms with van der Waals surface area (Å²) in [4.78, 5) is 11.0. The van der Waals surface area contributed by atoms with Crippen molar-refractivity contribution in [3.8, 4) is 0 Å². The minimum atomic E-state index is -4.42. The van der Waals surface area contributed by atoms with Crippen molar-refractivity contribution in [2.75, 3.05) is 6.61 Å². The summed E-state index contributed by atoms with van der Waals surface area (Å²) < 4.78 is 41.4. The van der Waals surface area contributed by atoms with Crippen LogP contribution >= 0.6 is 0 Å². The molecule has 10 heteroatoms. The molecule has 1 aromatic heterocycles. The Balaban J connectivity index is 1.93. The number of ether oxygens (including phenoxy) is 1. The third-order valence-electron chi connectivity index (χ3n) is 2.86. The van der Waals surface area contributed by atoms with Gasteiger partial charge in [0.15, 0.2) is 5.82 Å². The van der Waals surface area contributed by atoms with Crippen LogP contribution in [0, 0.1) is 5.41 Å². The number of alkyl halides is 3. The molecule has 106 valence electrons. The second-order valence-electron chi connectivity index (χ2n) is 4.45. The van der Waals surface area contributed by atoms with Crippen LogP contribution in [-0.4, -0.2) is 44.1 Å². The smallest absolute Gasteiger partial charge is 0.411 e. The molecule has 1 aliphatic carbocycles. The summed E-state index contributed by atoms with van der Waals surface area (Å²) in [5, 5.41) is 19.4. The third-order valence-corrected chi connectivity index (χ3v) is 2.86. The van der Waals surface area contributed by atoms with Gasteiger partial charge in [-0.1, -0.05) is 0 Å². The molecule has 0 bridgehead atoms. The number of rotatable bonds is 6. The Morgan fingerprint density at radius 1 is 1.47 bits per heavy atom. The first kappa shape index (κ1) is 13.7. The molecule has 1 aliphatic rings. The van der Waals surface area contributed by atoms with Gasteiger partial charge in [-0.05, 0) is 23.3 Å². The van der Waals surface area contributed by atoms with Gasteiger partial charge in [0.25, 0.3) is 0 Å². The maximum Gasteiger partial charge on any atom is 0.411 e. The van der Waals surface area contributed by atoms with E-state index in [4.69, 9.17) is 5.11 Å². The van der Waals surface area contributed by atoms with Crippen molar-refractivity contribution in [2.45, 2.75) is 32.2 Å². The molecule has 0 spiro atoms. The number of aromatic nitrogens is 4. The Kier molecular flexibility index (Phi) is 3.43. The first-order valence-corrected chi connectivity index (χ1v) is 5.45. The topological polar surface area (TPSA) is 90.1 Å². The highest BCUT2D eigenvalue weighted by Gasteiger charge is 2.51. The van der Waals surface area contributed by atoms with Crippen LogP contribution in [0.25, 0.3) is 0 Å². The van der Waals surface area contributed by atoms with E-state index in [0.29, 0.717) is 12.8 Å². The van der Waals surface area contributed by atoms with Gasteiger partial charge in [-0.25, -0.2) is 4.68 Å². The molecule has 7 nitrogen and oxygen atoms in total. The van der Waals surface area contributed by atoms with Gasteiger partial charge in [0.1, 0.15) is 13.2 Å². The van der Waals surface area contributed by atoms with Crippen LogP contribution in [0.3, 0.4) is 0 Å². The fraction of sp³-hybridized carbons (Fsp3) is 0.778. The van der Waals surface area contributed by atoms with Gasteiger partial charge in [-0.3, -0.25) is 4.79 Å². The molecule has 1 N–H and O–H groups in total. The van der Waals surface area contributed by atoms with E-state index in [0.717, 1.165) is 0 Å². The standard InChI is InChI=1S/C9H11F3N4O3/c10-9(11,12)5-19-3-6-13-14-15-16(6)4-8(1-2-8)7(17)18/h1-5H2,(H,17,18). The van der Waals surface area contributed by atoms with Gasteiger partial charge in [0, 0.05) is 0 Å². The number of carbonyl (C=O) groups is 1. The van der Waals surface area contributed by atoms with E-state index in [1.165, 1.54) is 4.68 Å². The zero-order valence-corrected chi connectivity index (χ0v) is 9.72. The van der Waals surface area contributed by atoms with Crippen LogP contribution in [0.2, 0.25) is 0 Å². The Hall–Kier alpha value is -1.71. The quantitative estimate of drug-likeness (QED) is 0.821. The molecular weight excluding hydrogens is 269 g/mol. The molecule has 0 unspecified atom stereocenters. The molecule has 0 atom stereocenters. The number of hydrogen-bond donors (Lipinski definition) is 1. The zero-order valence-electron chi connectivity index (χ0n) is 9.72. The third kappa shape index (κ3) is 3.40. The second-order valence-corrected chi connectivity index (χ2v) is 4.45. The average molecular weight is 280 g/mol. The van der Waals surface area contributed by atoms with E-state index < -0.39 is 30.8 Å². The molecule has 19 heavy (non-hydrogen) atoms. The number of carboxylic acids is 1. The van der Waals surface area contributed by atoms with Crippen molar-refractivity contribution in [1.29, 1.82) is 0 Å². The van der Waals surface area contributed by atoms with Crippen molar-refractivity contribution in [3.05, 3.63) is 5.82 Å². The lowest BCUT2D eigenvalue weighted by molar-refractivity contribution is -0.177. The van der Waals surface area contributed by atoms with E-state index in [1.54, 1.807) is 0 Å². The maximum atomic E-state index is 11.9. The van der Waals surface area contributed by atoms with Crippen molar-refractivity contribution in [3.63, 3.8) is 0 Å². The molecule has 0 aromatic carbocycles. The van der Waals surface area contributed by atoms with E-state index in [2.05, 4.69) is 20.3 Å². The summed E-state index contributed by atoms with van der Waals surface area (Å²) in [6.07, 6.45) is -3.41. The van der Waals surface area contributed by atoms with Crippen LogP contribution in [-0.2, 0) is 22.7 Å². The normalized spacial score (nSPS) is 17.4. The van der Waals surface area contributed by atoms with Crippen molar-refractivity contribution in [2.24, 2.45) is 5.41 Å². The Morgan fingerprint density at radius 2 is 2.16 bits per heavy atom. The molecule has 0 aliphatic heterocycles. The minimum Gasteiger partial charge on any atom is -0.481 e. The number of carboxylic acid groups (broad SMARTS) is 1. The Labute approximate surface area is 105 Å². The maximum absolute atomic E-state index is 11.9. The van der Waals surface area contributed by atoms with Crippen LogP contribution in [0.1, 0.15) is 18.7 Å². The highest BCUT2D eigenvalue weighted by Crippen LogP contribution is 2.47. The first-order valence-electron chi connectivity index (χ1n) is 5.45. The SMILES string of the molecule is O=C(O)C1(Cn2nnnc2COCC(F)(F)F)CC1. The number of halogens is 3. The monoisotopic (exact) mass is 280 g/mol. The van der Waals surface area contributed by atoms with Crippen LogP contribution in [0.5, 0.6) is 0 Å². The van der Waals surface area contributed by atoms with Gasteiger partial charge in [0.2, 0.25) is 0 Å². The fourth-order valence-corrected chi connectivity index (χ4v) is 1.58. The fourth-order valence-electron chi connectivity index (χ4n) is 1.58. The van der Waals surface area contributed by atoms with Crippen LogP contribution in [0.15, 0.2) is 0 Å². The molecule has 1 aromatic rings. The molecular formula is C9H11F3N4O3. The molecule has 2 rings (SSSR count). The van der Waals surface area contributed by atoms with E-state index in [-0.39, 0.29) is 12.4 Å². The predicted octanol–water partition coefficient (Wildman–Crippen LogP) is 0.617. The summed E-state index contributed by atoms with van der Waals surface area (Å²) >= 11 is 0. The Bertz CT molecular complexity index is 470. The number of hydrogen-bond acceptors (Lipinski definition) is 5. The molecule has 0 radical (unpaired) electrons. The van der Waals surface area contributed by atoms with E-state index in [1.807, 2.05) is 0 Å². The summed E-state index contributed by atoms with van der Waals surface area (Å²) in [5.41, 5.74) is -0.895. The lowest BCUT2D eigenvalue weighted by Crippen LogP contribution is -2.24. The van der Waals surface area contributed by atoms with Gasteiger partial charge in [0.05, 0.1) is 12.0 Å². The molecule has 0 saturated heterocycles. The summed E-state index contributed by atoms with van der Waals surface area (Å²) in [6, 6.07) is 0. The number of tetrazole rings is 1. The van der Waals surface area contributed by atoms with Gasteiger partial charge >= 0.3 is 12.1 Å². The minimum absolute atomic E-state index is 0.0417. The first-order chi connectivity index (χ1) is 8.82. The van der Waals surface area contributed by atoms with Crippen molar-refractivity contribution >= 4 is 5.97 Å². The summed E-state index contributed by atoms with van der Waals surface area (Å²) in [5.74, 6) is -0.873. The molecule has 1 saturated carbocycles. The lowest BCUT2D eigenvalue weighted by atomic mass is 10.1. The van der Waals surface area contributed by atoms with Crippen LogP contribution < -0.4 is 0 Å². The average Bonchev–Trinajstić information content (AvgIpc) is 2.94. The van der Waals surface area contributed by atoms with Crippen LogP contribution in [0.4, 0.5) is 13.2 Å². The van der Waals surface area contributed by atoms with Crippen molar-refractivity contribution in [1.82, 2.24) is 20.2 Å². The second kappa shape index (κ2) is 4.76. The highest BCUT2D eigenvalue weighted by atomic mass is 19.4. The van der Waals surface area contributed by atoms with Gasteiger partial charge in [-0.15, -0.1) is 5.10 Å². The summed E-state index contributed by atoms with van der Waals surface area (Å²) in [6.45, 7) is -1.77. The van der Waals surface area contributed by atoms with E-state index in [9.17, 15) is 18.0 Å². The number of nitrogens with zero attached hydrogens (tertiary/aromatic N) is 4. The molecule has 1 fully saturated rings. The molecule has 0 amide bonds. The highest BCUT2D eigenvalue weighted by molar-refractivity contribution is 5.77. The lowest BCUT2D eigenvalue weighted by Gasteiger charge is -2.11. The van der Waals surface area contributed by atoms with Crippen molar-refractivity contribution < 1.29 is 27.8 Å².